The van der Waals surface area contributed by atoms with Crippen LogP contribution in [-0.4, -0.2) is 75.5 Å². The van der Waals surface area contributed by atoms with Crippen LogP contribution < -0.4 is 5.11 Å². The Kier molecular flexibility index (Phi) is 39.9. The van der Waals surface area contributed by atoms with E-state index in [4.69, 9.17) is 14.2 Å². The summed E-state index contributed by atoms with van der Waals surface area (Å²) in [7, 11) is 5.38. The summed E-state index contributed by atoms with van der Waals surface area (Å²) in [6.07, 6.45) is 58.3. The van der Waals surface area contributed by atoms with Gasteiger partial charge in [-0.15, -0.1) is 0 Å². The van der Waals surface area contributed by atoms with Crippen LogP contribution in [-0.2, 0) is 28.6 Å². The van der Waals surface area contributed by atoms with Crippen molar-refractivity contribution in [3.05, 3.63) is 109 Å². The molecule has 0 N–H and O–H groups in total. The highest BCUT2D eigenvalue weighted by atomic mass is 16.6. The van der Waals surface area contributed by atoms with Crippen molar-refractivity contribution in [1.82, 2.24) is 0 Å². The second-order valence-corrected chi connectivity index (χ2v) is 16.3. The standard InChI is InChI=1S/C53H85NO7/c1-6-8-10-12-14-16-18-20-22-23-24-25-26-27-28-30-32-34-36-38-40-42-44-52(56)61-49(47-59-46-45-50(53(57)58)54(3,4)5)48-60-51(55)43-41-39-37-35-33-31-29-21-19-17-15-13-11-9-7-2/h8-11,13-17,19-22,24-25,29,31,33,49-50H,6-7,12,18,23,26-28,30,32,34-48H2,1-5H3/b10-8+,11-9+,15-13+,16-14+,19-17+,22-20+,25-24+,29-21+,33-31+. The van der Waals surface area contributed by atoms with Gasteiger partial charge in [-0.25, -0.2) is 0 Å². The van der Waals surface area contributed by atoms with Crippen LogP contribution in [0.2, 0.25) is 0 Å². The van der Waals surface area contributed by atoms with Crippen LogP contribution in [0, 0.1) is 0 Å². The van der Waals surface area contributed by atoms with Crippen LogP contribution in [0.3, 0.4) is 0 Å². The van der Waals surface area contributed by atoms with Gasteiger partial charge >= 0.3 is 11.9 Å². The van der Waals surface area contributed by atoms with Crippen molar-refractivity contribution in [1.29, 1.82) is 0 Å². The number of carbonyl (C=O) groups excluding carboxylic acids is 3. The van der Waals surface area contributed by atoms with E-state index in [0.717, 1.165) is 77.0 Å². The maximum atomic E-state index is 12.8. The zero-order valence-corrected chi connectivity index (χ0v) is 39.0. The molecule has 0 heterocycles. The highest BCUT2D eigenvalue weighted by Crippen LogP contribution is 2.14. The Labute approximate surface area is 372 Å². The molecule has 344 valence electrons. The lowest BCUT2D eigenvalue weighted by Gasteiger charge is -2.34. The van der Waals surface area contributed by atoms with Crippen molar-refractivity contribution in [2.24, 2.45) is 0 Å². The number of unbranched alkanes of at least 4 members (excludes halogenated alkanes) is 12. The van der Waals surface area contributed by atoms with Crippen LogP contribution >= 0.6 is 0 Å². The third-order valence-corrected chi connectivity index (χ3v) is 9.78. The molecule has 61 heavy (non-hydrogen) atoms. The Morgan fingerprint density at radius 1 is 0.508 bits per heavy atom. The molecule has 0 bridgehead atoms. The van der Waals surface area contributed by atoms with Gasteiger partial charge in [-0.05, 0) is 70.6 Å². The highest BCUT2D eigenvalue weighted by Gasteiger charge is 2.25. The minimum atomic E-state index is -1.14. The highest BCUT2D eigenvalue weighted by molar-refractivity contribution is 5.70. The van der Waals surface area contributed by atoms with E-state index in [0.29, 0.717) is 19.3 Å². The molecule has 0 rings (SSSR count). The van der Waals surface area contributed by atoms with Crippen LogP contribution in [0.1, 0.15) is 155 Å². The normalized spacial score (nSPS) is 13.9. The van der Waals surface area contributed by atoms with Gasteiger partial charge in [-0.2, -0.15) is 0 Å². The first-order chi connectivity index (χ1) is 29.6. The number of nitrogens with zero attached hydrogens (tertiary/aromatic N) is 1. The smallest absolute Gasteiger partial charge is 0.306 e. The SMILES string of the molecule is CC/C=C/C=C/C=C/C=C/C=C/CCCCCC(=O)OCC(COCCC(C(=O)[O-])[N+](C)(C)C)OC(=O)CCCCCCCCCCC/C=C/C/C=C/C/C=C/C/C=C/CC. The number of likely N-dealkylation sites (N-methyl/N-ethyl adjacent to an activating group) is 1. The van der Waals surface area contributed by atoms with Gasteiger partial charge in [-0.3, -0.25) is 9.59 Å². The minimum Gasteiger partial charge on any atom is -0.544 e. The molecule has 0 saturated heterocycles. The predicted molar refractivity (Wildman–Crippen MR) is 254 cm³/mol. The van der Waals surface area contributed by atoms with E-state index in [2.05, 4.69) is 74.6 Å². The minimum absolute atomic E-state index is 0.0168. The van der Waals surface area contributed by atoms with E-state index < -0.39 is 18.1 Å². The average molecular weight is 848 g/mol. The lowest BCUT2D eigenvalue weighted by molar-refractivity contribution is -0.889. The van der Waals surface area contributed by atoms with Crippen molar-refractivity contribution in [3.8, 4) is 0 Å². The number of rotatable bonds is 40. The average Bonchev–Trinajstić information content (AvgIpc) is 3.22. The van der Waals surface area contributed by atoms with Crippen LogP contribution in [0.25, 0.3) is 0 Å². The molecule has 8 heteroatoms. The predicted octanol–water partition coefficient (Wildman–Crippen LogP) is 11.9. The van der Waals surface area contributed by atoms with Gasteiger partial charge in [0.1, 0.15) is 12.6 Å². The Balaban J connectivity index is 4.37. The largest absolute Gasteiger partial charge is 0.544 e. The number of hydrogen-bond donors (Lipinski definition) is 0. The van der Waals surface area contributed by atoms with Crippen molar-refractivity contribution >= 4 is 17.9 Å². The molecule has 0 fully saturated rings. The third kappa shape index (κ3) is 41.1. The van der Waals surface area contributed by atoms with Crippen molar-refractivity contribution in [3.63, 3.8) is 0 Å². The van der Waals surface area contributed by atoms with Gasteiger partial charge in [0.05, 0.1) is 40.3 Å². The molecule has 0 spiro atoms. The van der Waals surface area contributed by atoms with Crippen LogP contribution in [0.15, 0.2) is 109 Å². The topological polar surface area (TPSA) is 102 Å². The number of carboxylic acids is 1. The number of quaternary nitrogens is 1. The third-order valence-electron chi connectivity index (χ3n) is 9.78. The van der Waals surface area contributed by atoms with E-state index in [1.807, 2.05) is 48.6 Å². The van der Waals surface area contributed by atoms with Gasteiger partial charge in [0.15, 0.2) is 6.10 Å². The van der Waals surface area contributed by atoms with Gasteiger partial charge < -0.3 is 28.6 Å². The summed E-state index contributed by atoms with van der Waals surface area (Å²) in [6, 6.07) is -0.741. The van der Waals surface area contributed by atoms with E-state index in [9.17, 15) is 19.5 Å². The number of allylic oxidation sites excluding steroid dienone is 18. The molecule has 0 aromatic rings. The van der Waals surface area contributed by atoms with Crippen LogP contribution in [0.4, 0.5) is 0 Å². The summed E-state index contributed by atoms with van der Waals surface area (Å²) >= 11 is 0. The molecule has 0 aliphatic heterocycles. The molecule has 0 aliphatic carbocycles. The molecule has 8 nitrogen and oxygen atoms in total. The number of carboxylic acid groups (broad SMARTS) is 1. The number of aliphatic carboxylic acids is 1. The van der Waals surface area contributed by atoms with Crippen molar-refractivity contribution in [2.45, 2.75) is 167 Å². The zero-order chi connectivity index (χ0) is 44.9. The number of esters is 2. The molecule has 0 amide bonds. The van der Waals surface area contributed by atoms with Gasteiger partial charge in [-0.1, -0.05) is 175 Å². The molecule has 0 radical (unpaired) electrons. The van der Waals surface area contributed by atoms with Crippen molar-refractivity contribution < 1.29 is 38.2 Å². The monoisotopic (exact) mass is 848 g/mol. The number of ether oxygens (including phenoxy) is 3. The molecule has 2 atom stereocenters. The van der Waals surface area contributed by atoms with Gasteiger partial charge in [0.2, 0.25) is 0 Å². The Morgan fingerprint density at radius 2 is 0.951 bits per heavy atom. The summed E-state index contributed by atoms with van der Waals surface area (Å²) < 4.78 is 17.1. The Morgan fingerprint density at radius 3 is 1.49 bits per heavy atom. The summed E-state index contributed by atoms with van der Waals surface area (Å²) in [5.74, 6) is -1.81. The molecule has 0 aromatic heterocycles. The Hall–Kier alpha value is -4.01. The Bertz CT molecular complexity index is 1360. The summed E-state index contributed by atoms with van der Waals surface area (Å²) in [4.78, 5) is 36.9. The summed E-state index contributed by atoms with van der Waals surface area (Å²) in [6.45, 7) is 4.33. The molecule has 0 aromatic carbocycles. The second kappa shape index (κ2) is 42.7. The molecule has 0 saturated carbocycles. The fourth-order valence-corrected chi connectivity index (χ4v) is 6.20. The maximum Gasteiger partial charge on any atom is 0.306 e. The maximum absolute atomic E-state index is 12.8. The van der Waals surface area contributed by atoms with Crippen LogP contribution in [0.5, 0.6) is 0 Å². The lowest BCUT2D eigenvalue weighted by Crippen LogP contribution is -2.55. The van der Waals surface area contributed by atoms with Gasteiger partial charge in [0.25, 0.3) is 0 Å². The van der Waals surface area contributed by atoms with E-state index in [1.165, 1.54) is 38.5 Å². The number of hydrogen-bond acceptors (Lipinski definition) is 7. The fourth-order valence-electron chi connectivity index (χ4n) is 6.20. The second-order valence-electron chi connectivity index (χ2n) is 16.3. The fraction of sp³-hybridized carbons (Fsp3) is 0.604. The summed E-state index contributed by atoms with van der Waals surface area (Å²) in [5.41, 5.74) is 0. The van der Waals surface area contributed by atoms with E-state index in [1.54, 1.807) is 21.1 Å². The zero-order valence-electron chi connectivity index (χ0n) is 39.0. The first-order valence-corrected chi connectivity index (χ1v) is 23.5. The molecular weight excluding hydrogens is 763 g/mol. The van der Waals surface area contributed by atoms with E-state index >= 15 is 0 Å². The molecule has 2 unspecified atom stereocenters. The van der Waals surface area contributed by atoms with Crippen molar-refractivity contribution in [2.75, 3.05) is 41.0 Å². The van der Waals surface area contributed by atoms with E-state index in [-0.39, 0.29) is 42.7 Å². The quantitative estimate of drug-likeness (QED) is 0.0199. The first-order valence-electron chi connectivity index (χ1n) is 23.5. The van der Waals surface area contributed by atoms with Gasteiger partial charge in [0, 0.05) is 19.3 Å². The molecular formula is C53H85NO7. The first kappa shape index (κ1) is 57.0. The lowest BCUT2D eigenvalue weighted by atomic mass is 10.1. The number of carbonyl (C=O) groups is 3. The summed E-state index contributed by atoms with van der Waals surface area (Å²) in [5, 5.41) is 11.6. The molecule has 0 aliphatic rings.